The van der Waals surface area contributed by atoms with Crippen LogP contribution in [0.5, 0.6) is 5.75 Å². The minimum absolute atomic E-state index is 0.248. The van der Waals surface area contributed by atoms with Crippen LogP contribution in [-0.4, -0.2) is 12.6 Å². The Bertz CT molecular complexity index is 744. The van der Waals surface area contributed by atoms with E-state index >= 15 is 0 Å². The minimum Gasteiger partial charge on any atom is -0.489 e. The number of benzene rings is 2. The number of carbonyl (C=O) groups is 1. The van der Waals surface area contributed by atoms with Gasteiger partial charge in [0.2, 0.25) is 0 Å². The number of rotatable bonds is 6. The van der Waals surface area contributed by atoms with Crippen LogP contribution in [0.3, 0.4) is 0 Å². The van der Waals surface area contributed by atoms with E-state index < -0.39 is 0 Å². The summed E-state index contributed by atoms with van der Waals surface area (Å²) in [5.74, 6) is 0.365. The smallest absolute Gasteiger partial charge is 0.338 e. The van der Waals surface area contributed by atoms with E-state index in [1.165, 1.54) is 0 Å². The monoisotopic (exact) mass is 410 g/mol. The maximum atomic E-state index is 12.2. The molecule has 0 saturated carbocycles. The second-order valence-electron chi connectivity index (χ2n) is 5.56. The summed E-state index contributed by atoms with van der Waals surface area (Å²) >= 11 is 9.66. The fourth-order valence-electron chi connectivity index (χ4n) is 2.28. The van der Waals surface area contributed by atoms with Crippen molar-refractivity contribution in [1.29, 1.82) is 0 Å². The van der Waals surface area contributed by atoms with E-state index in [1.807, 2.05) is 39.0 Å². The van der Waals surface area contributed by atoms with Gasteiger partial charge in [-0.3, -0.25) is 0 Å². The average molecular weight is 412 g/mol. The standard InChI is InChI=1S/C19H20BrClO3/c1-4-8-23-19(22)14-6-5-7-16(20)15(14)11-24-18-10-17(21)12(2)9-13(18)3/h5-7,9-10H,4,8,11H2,1-3H3. The number of carbonyl (C=O) groups excluding carboxylic acids is 1. The van der Waals surface area contributed by atoms with E-state index in [0.717, 1.165) is 27.6 Å². The molecule has 0 spiro atoms. The van der Waals surface area contributed by atoms with Crippen molar-refractivity contribution in [2.45, 2.75) is 33.8 Å². The lowest BCUT2D eigenvalue weighted by atomic mass is 10.1. The quantitative estimate of drug-likeness (QED) is 0.558. The Hall–Kier alpha value is -1.52. The molecule has 2 rings (SSSR count). The summed E-state index contributed by atoms with van der Waals surface area (Å²) in [5.41, 5.74) is 3.27. The Balaban J connectivity index is 2.24. The van der Waals surface area contributed by atoms with Crippen molar-refractivity contribution in [3.63, 3.8) is 0 Å². The Morgan fingerprint density at radius 1 is 1.21 bits per heavy atom. The first-order chi connectivity index (χ1) is 11.4. The molecule has 0 saturated heterocycles. The third kappa shape index (κ3) is 4.52. The van der Waals surface area contributed by atoms with Crippen LogP contribution in [0.1, 0.15) is 40.4 Å². The van der Waals surface area contributed by atoms with Crippen molar-refractivity contribution in [2.75, 3.05) is 6.61 Å². The Kier molecular flexibility index (Phi) is 6.69. The summed E-state index contributed by atoms with van der Waals surface area (Å²) in [6.45, 7) is 6.53. The molecule has 0 aliphatic heterocycles. The van der Waals surface area contributed by atoms with Crippen LogP contribution < -0.4 is 4.74 Å². The number of ether oxygens (including phenoxy) is 2. The van der Waals surface area contributed by atoms with Gasteiger partial charge >= 0.3 is 5.97 Å². The Morgan fingerprint density at radius 3 is 2.67 bits per heavy atom. The molecular weight excluding hydrogens is 392 g/mol. The molecule has 0 bridgehead atoms. The second kappa shape index (κ2) is 8.54. The molecule has 0 fully saturated rings. The van der Waals surface area contributed by atoms with Crippen molar-refractivity contribution in [3.8, 4) is 5.75 Å². The van der Waals surface area contributed by atoms with Crippen LogP contribution in [0.4, 0.5) is 0 Å². The first-order valence-corrected chi connectivity index (χ1v) is 8.95. The van der Waals surface area contributed by atoms with Crippen molar-refractivity contribution in [2.24, 2.45) is 0 Å². The van der Waals surface area contributed by atoms with Crippen LogP contribution in [0.15, 0.2) is 34.8 Å². The van der Waals surface area contributed by atoms with Crippen LogP contribution in [0, 0.1) is 13.8 Å². The lowest BCUT2D eigenvalue weighted by Gasteiger charge is -2.14. The van der Waals surface area contributed by atoms with Crippen LogP contribution in [-0.2, 0) is 11.3 Å². The van der Waals surface area contributed by atoms with Gasteiger partial charge in [0.25, 0.3) is 0 Å². The summed E-state index contributed by atoms with van der Waals surface area (Å²) in [6, 6.07) is 9.22. The minimum atomic E-state index is -0.338. The van der Waals surface area contributed by atoms with Crippen LogP contribution in [0.25, 0.3) is 0 Å². The highest BCUT2D eigenvalue weighted by molar-refractivity contribution is 9.10. The van der Waals surface area contributed by atoms with E-state index in [-0.39, 0.29) is 12.6 Å². The highest BCUT2D eigenvalue weighted by Crippen LogP contribution is 2.29. The zero-order valence-electron chi connectivity index (χ0n) is 14.0. The van der Waals surface area contributed by atoms with Crippen molar-refractivity contribution in [1.82, 2.24) is 0 Å². The first kappa shape index (κ1) is 18.8. The maximum absolute atomic E-state index is 12.2. The Labute approximate surface area is 156 Å². The van der Waals surface area contributed by atoms with E-state index in [1.54, 1.807) is 12.1 Å². The van der Waals surface area contributed by atoms with Gasteiger partial charge in [0.05, 0.1) is 12.2 Å². The van der Waals surface area contributed by atoms with E-state index in [0.29, 0.717) is 22.9 Å². The van der Waals surface area contributed by atoms with Gasteiger partial charge in [-0.05, 0) is 49.6 Å². The fourth-order valence-corrected chi connectivity index (χ4v) is 2.92. The van der Waals surface area contributed by atoms with E-state index in [4.69, 9.17) is 21.1 Å². The predicted molar refractivity (Wildman–Crippen MR) is 100.0 cm³/mol. The van der Waals surface area contributed by atoms with Gasteiger partial charge in [-0.2, -0.15) is 0 Å². The van der Waals surface area contributed by atoms with Crippen LogP contribution in [0.2, 0.25) is 5.02 Å². The predicted octanol–water partition coefficient (Wildman–Crippen LogP) is 5.87. The lowest BCUT2D eigenvalue weighted by molar-refractivity contribution is 0.0502. The van der Waals surface area contributed by atoms with Crippen LogP contribution >= 0.6 is 27.5 Å². The zero-order valence-corrected chi connectivity index (χ0v) is 16.3. The van der Waals surface area contributed by atoms with Gasteiger partial charge in [-0.25, -0.2) is 4.79 Å². The molecule has 0 atom stereocenters. The zero-order chi connectivity index (χ0) is 17.7. The van der Waals surface area contributed by atoms with Gasteiger partial charge < -0.3 is 9.47 Å². The van der Waals surface area contributed by atoms with Crippen molar-refractivity contribution < 1.29 is 14.3 Å². The summed E-state index contributed by atoms with van der Waals surface area (Å²) in [6.07, 6.45) is 0.784. The van der Waals surface area contributed by atoms with E-state index in [2.05, 4.69) is 15.9 Å². The molecule has 3 nitrogen and oxygen atoms in total. The molecule has 24 heavy (non-hydrogen) atoms. The first-order valence-electron chi connectivity index (χ1n) is 7.78. The number of hydrogen-bond donors (Lipinski definition) is 0. The highest BCUT2D eigenvalue weighted by atomic mass is 79.9. The van der Waals surface area contributed by atoms with E-state index in [9.17, 15) is 4.79 Å². The topological polar surface area (TPSA) is 35.5 Å². The molecule has 0 unspecified atom stereocenters. The number of hydrogen-bond acceptors (Lipinski definition) is 3. The van der Waals surface area contributed by atoms with Gasteiger partial charge in [0.15, 0.2) is 0 Å². The third-order valence-electron chi connectivity index (χ3n) is 3.60. The van der Waals surface area contributed by atoms with Crippen molar-refractivity contribution >= 4 is 33.5 Å². The molecule has 128 valence electrons. The maximum Gasteiger partial charge on any atom is 0.338 e. The fraction of sp³-hybridized carbons (Fsp3) is 0.316. The molecule has 0 aliphatic rings. The van der Waals surface area contributed by atoms with Gasteiger partial charge in [-0.15, -0.1) is 0 Å². The normalized spacial score (nSPS) is 10.5. The molecule has 2 aromatic carbocycles. The molecule has 0 amide bonds. The lowest BCUT2D eigenvalue weighted by Crippen LogP contribution is -2.11. The molecule has 0 N–H and O–H groups in total. The summed E-state index contributed by atoms with van der Waals surface area (Å²) < 4.78 is 12.0. The average Bonchev–Trinajstić information content (AvgIpc) is 2.55. The van der Waals surface area contributed by atoms with Gasteiger partial charge in [0, 0.05) is 15.1 Å². The summed E-state index contributed by atoms with van der Waals surface area (Å²) in [5, 5.41) is 0.658. The van der Waals surface area contributed by atoms with Gasteiger partial charge in [0.1, 0.15) is 12.4 Å². The molecule has 5 heteroatoms. The molecular formula is C19H20BrClO3. The molecule has 2 aromatic rings. The summed E-state index contributed by atoms with van der Waals surface area (Å²) in [4.78, 5) is 12.2. The molecule has 0 radical (unpaired) electrons. The van der Waals surface area contributed by atoms with Crippen molar-refractivity contribution in [3.05, 3.63) is 62.1 Å². The molecule has 0 aromatic heterocycles. The third-order valence-corrected chi connectivity index (χ3v) is 4.75. The highest BCUT2D eigenvalue weighted by Gasteiger charge is 2.16. The second-order valence-corrected chi connectivity index (χ2v) is 6.82. The number of aryl methyl sites for hydroxylation is 2. The number of esters is 1. The largest absolute Gasteiger partial charge is 0.489 e. The number of halogens is 2. The SMILES string of the molecule is CCCOC(=O)c1cccc(Br)c1COc1cc(Cl)c(C)cc1C. The van der Waals surface area contributed by atoms with Gasteiger partial charge in [-0.1, -0.05) is 46.6 Å². The molecule has 0 aliphatic carbocycles. The summed E-state index contributed by atoms with van der Waals surface area (Å²) in [7, 11) is 0. The Morgan fingerprint density at radius 2 is 1.96 bits per heavy atom. The molecule has 0 heterocycles.